The van der Waals surface area contributed by atoms with Crippen LogP contribution in [0.1, 0.15) is 223 Å². The summed E-state index contributed by atoms with van der Waals surface area (Å²) in [6.45, 7) is 53.8. The average molecular weight is 1420 g/mol. The number of hydrogen-bond donors (Lipinski definition) is 1. The number of ketones is 1. The molecule has 524 valence electrons. The number of fused-ring (bicyclic) bond motifs is 4. The lowest BCUT2D eigenvalue weighted by atomic mass is 9.84. The number of nitro benzene ring substituents is 1. The predicted octanol–water partition coefficient (Wildman–Crippen LogP) is 25.6. The maximum atomic E-state index is 11.3. The van der Waals surface area contributed by atoms with Crippen molar-refractivity contribution in [3.8, 4) is 0 Å². The molecule has 0 aliphatic rings. The molecule has 98 heavy (non-hydrogen) atoms. The first-order valence-electron chi connectivity index (χ1n) is 34.0. The summed E-state index contributed by atoms with van der Waals surface area (Å²) >= 11 is 7.08. The quantitative estimate of drug-likeness (QED) is 0.0989. The molecule has 11 rings (SSSR count). The van der Waals surface area contributed by atoms with Crippen LogP contribution in [0.5, 0.6) is 0 Å². The van der Waals surface area contributed by atoms with Crippen molar-refractivity contribution >= 4 is 92.4 Å². The Morgan fingerprint density at radius 2 is 0.959 bits per heavy atom. The molecule has 0 unspecified atom stereocenters. The maximum Gasteiger partial charge on any atom is 0.272 e. The second-order valence-electron chi connectivity index (χ2n) is 33.4. The summed E-state index contributed by atoms with van der Waals surface area (Å²) in [5.74, 6) is 0.908. The monoisotopic (exact) mass is 1420 g/mol. The second-order valence-corrected chi connectivity index (χ2v) is 36.3. The Morgan fingerprint density at radius 1 is 0.480 bits per heavy atom. The fourth-order valence-corrected chi connectivity index (χ4v) is 13.0. The molecule has 11 aromatic rings. The third-order valence-electron chi connectivity index (χ3n) is 15.2. The maximum absolute atomic E-state index is 11.3. The van der Waals surface area contributed by atoms with Crippen molar-refractivity contribution in [3.63, 3.8) is 0 Å². The number of carbonyl (C=O) groups is 1. The third-order valence-corrected chi connectivity index (χ3v) is 18.8. The van der Waals surface area contributed by atoms with Crippen LogP contribution in [-0.4, -0.2) is 30.8 Å². The number of aliphatic hydroxyl groups excluding tert-OH is 1. The Hall–Kier alpha value is -7.22. The van der Waals surface area contributed by atoms with E-state index in [9.17, 15) is 20.0 Å². The molecule has 12 heteroatoms. The summed E-state index contributed by atoms with van der Waals surface area (Å²) in [5, 5.41) is 24.9. The number of Topliss-reactive ketones (excluding diaryl/α,β-unsaturated/α-hetero) is 1. The third kappa shape index (κ3) is 26.5. The van der Waals surface area contributed by atoms with E-state index in [0.717, 1.165) is 73.7 Å². The summed E-state index contributed by atoms with van der Waals surface area (Å²) in [6.07, 6.45) is 2.90. The van der Waals surface area contributed by atoms with Crippen LogP contribution in [0.15, 0.2) is 173 Å². The van der Waals surface area contributed by atoms with Crippen molar-refractivity contribution in [2.45, 2.75) is 221 Å². The van der Waals surface area contributed by atoms with Crippen LogP contribution < -0.4 is 0 Å². The van der Waals surface area contributed by atoms with Gasteiger partial charge in [0.1, 0.15) is 5.52 Å². The molecule has 0 aliphatic heterocycles. The standard InChI is InChI=1S/C14H15Br.C13H15NOS.C13H20O.C12H15NO.C12H15NS.C11H15NO2.C11H16/c1-14(2,3)12-8-9-13(15)11-7-5-4-6-10(11)12;1-8(15)9-5-6-10-11(7-9)16-12(14-10)13(2,3)4;1-10-5-6-11(8-13(2,3)4)12(7-10)9-14;1-8-5-6-10-9(7-8)13-11(14-10)12(2,3)4;1-8-5-6-9-10(7-8)14-11(13-9)12(2,3)4;1-11(2,3)8-9-6-4-5-7-10(9)12(13)14;1-11(2,3)9-10-7-5-4-6-8-10/h4-9H,1-3H3;5-7H,1-4H3;5-7,14H,8-9H2,1-4H3;2*5-7H,1-4H3;4-7H,8H2,1-3H3;4-8H,9H2,1-3H3. The van der Waals surface area contributed by atoms with Crippen molar-refractivity contribution in [2.24, 2.45) is 16.2 Å². The van der Waals surface area contributed by atoms with Crippen molar-refractivity contribution in [3.05, 3.63) is 244 Å². The topological polar surface area (TPSA) is 132 Å². The number of aryl methyl sites for hydroxylation is 3. The minimum absolute atomic E-state index is 0.0209. The zero-order valence-corrected chi connectivity index (χ0v) is 66.7. The van der Waals surface area contributed by atoms with Crippen LogP contribution in [0.2, 0.25) is 0 Å². The van der Waals surface area contributed by atoms with Crippen LogP contribution in [0.4, 0.5) is 5.69 Å². The SMILES string of the molecule is CC(=O)c1ccc2nc(C(C)(C)C)sc2c1.CC(C)(C)Cc1ccccc1.CC(C)(C)Cc1ccccc1[N+](=O)[O-].CC(C)(C)c1ccc(Br)c2ccccc12.Cc1ccc(CC(C)(C)C)c(CO)c1.Cc1ccc2nc(C(C)(C)C)sc2c1.Cc1ccc2oc(C(C)(C)C)nc2c1. The molecule has 0 aliphatic carbocycles. The van der Waals surface area contributed by atoms with E-state index in [4.69, 9.17) is 4.42 Å². The minimum Gasteiger partial charge on any atom is -0.440 e. The molecule has 0 saturated heterocycles. The Bertz CT molecular complexity index is 4300. The van der Waals surface area contributed by atoms with Crippen molar-refractivity contribution in [1.82, 2.24) is 15.0 Å². The highest BCUT2D eigenvalue weighted by Gasteiger charge is 2.24. The smallest absolute Gasteiger partial charge is 0.272 e. The van der Waals surface area contributed by atoms with E-state index in [0.29, 0.717) is 5.41 Å². The number of nitro groups is 1. The molecule has 0 saturated carbocycles. The number of rotatable bonds is 6. The number of nitrogens with zero attached hydrogens (tertiary/aromatic N) is 4. The molecule has 3 heterocycles. The molecule has 0 bridgehead atoms. The van der Waals surface area contributed by atoms with Gasteiger partial charge in [0, 0.05) is 37.9 Å². The second kappa shape index (κ2) is 34.2. The van der Waals surface area contributed by atoms with Crippen LogP contribution in [0.25, 0.3) is 42.3 Å². The van der Waals surface area contributed by atoms with E-state index in [1.807, 2.05) is 59.9 Å². The van der Waals surface area contributed by atoms with Crippen molar-refractivity contribution in [2.75, 3.05) is 0 Å². The first kappa shape index (κ1) is 81.5. The van der Waals surface area contributed by atoms with E-state index in [2.05, 4.69) is 300 Å². The van der Waals surface area contributed by atoms with Gasteiger partial charge in [0.2, 0.25) is 5.89 Å². The van der Waals surface area contributed by atoms with E-state index in [1.165, 1.54) is 58.3 Å². The molecule has 8 aromatic carbocycles. The molecular formula is C86H111BrN4O5S2. The number of carbonyl (C=O) groups excluding carboxylic acids is 1. The van der Waals surface area contributed by atoms with Crippen molar-refractivity contribution in [1.29, 1.82) is 0 Å². The molecule has 1 N–H and O–H groups in total. The lowest BCUT2D eigenvalue weighted by Gasteiger charge is -2.21. The summed E-state index contributed by atoms with van der Waals surface area (Å²) in [4.78, 5) is 35.4. The molecule has 0 amide bonds. The largest absolute Gasteiger partial charge is 0.440 e. The Kier molecular flexibility index (Phi) is 28.5. The van der Waals surface area contributed by atoms with E-state index in [-0.39, 0.29) is 55.5 Å². The van der Waals surface area contributed by atoms with Gasteiger partial charge in [-0.3, -0.25) is 14.9 Å². The van der Waals surface area contributed by atoms with Gasteiger partial charge in [0.25, 0.3) is 5.69 Å². The van der Waals surface area contributed by atoms with Gasteiger partial charge in [-0.2, -0.15) is 0 Å². The highest BCUT2D eigenvalue weighted by Crippen LogP contribution is 2.36. The van der Waals surface area contributed by atoms with Gasteiger partial charge >= 0.3 is 0 Å². The van der Waals surface area contributed by atoms with Crippen LogP contribution in [-0.2, 0) is 47.5 Å². The van der Waals surface area contributed by atoms with Gasteiger partial charge in [-0.15, -0.1) is 22.7 Å². The average Bonchev–Trinajstić information content (AvgIpc) is 1.51. The number of thiazole rings is 2. The first-order chi connectivity index (χ1) is 45.2. The van der Waals surface area contributed by atoms with Crippen LogP contribution in [0, 0.1) is 47.1 Å². The summed E-state index contributed by atoms with van der Waals surface area (Å²) in [5.41, 5.74) is 15.8. The number of aliphatic hydroxyl groups is 1. The number of hydrogen-bond acceptors (Lipinski definition) is 10. The van der Waals surface area contributed by atoms with Crippen molar-refractivity contribution < 1.29 is 19.2 Å². The fraction of sp³-hybridized carbons (Fsp3) is 0.419. The number of aromatic nitrogens is 3. The Balaban J connectivity index is 0.000000207. The van der Waals surface area contributed by atoms with Crippen LogP contribution >= 0.6 is 38.6 Å². The zero-order chi connectivity index (χ0) is 73.5. The van der Waals surface area contributed by atoms with Gasteiger partial charge in [-0.05, 0) is 161 Å². The van der Waals surface area contributed by atoms with Gasteiger partial charge in [0.15, 0.2) is 11.4 Å². The lowest BCUT2D eigenvalue weighted by Crippen LogP contribution is -2.11. The van der Waals surface area contributed by atoms with Gasteiger partial charge < -0.3 is 9.52 Å². The van der Waals surface area contributed by atoms with Gasteiger partial charge in [0.05, 0.1) is 42.0 Å². The Morgan fingerprint density at radius 3 is 1.48 bits per heavy atom. The molecule has 3 aromatic heterocycles. The van der Waals surface area contributed by atoms with Crippen LogP contribution in [0.3, 0.4) is 0 Å². The highest BCUT2D eigenvalue weighted by atomic mass is 79.9. The van der Waals surface area contributed by atoms with Gasteiger partial charge in [-0.25, -0.2) is 15.0 Å². The Labute approximate surface area is 603 Å². The number of para-hydroxylation sites is 1. The van der Waals surface area contributed by atoms with E-state index in [1.54, 1.807) is 30.4 Å². The molecule has 0 spiro atoms. The number of benzene rings is 8. The zero-order valence-electron chi connectivity index (χ0n) is 63.5. The van der Waals surface area contributed by atoms with Gasteiger partial charge in [-0.1, -0.05) is 276 Å². The molecule has 0 fully saturated rings. The van der Waals surface area contributed by atoms with E-state index < -0.39 is 0 Å². The lowest BCUT2D eigenvalue weighted by molar-refractivity contribution is -0.385. The normalized spacial score (nSPS) is 11.9. The summed E-state index contributed by atoms with van der Waals surface area (Å²) in [6, 6.07) is 55.0. The molecular weight excluding hydrogens is 1310 g/mol. The summed E-state index contributed by atoms with van der Waals surface area (Å²) < 4.78 is 9.24. The molecule has 9 nitrogen and oxygen atoms in total. The molecule has 0 atom stereocenters. The number of halogens is 1. The number of oxazole rings is 1. The fourth-order valence-electron chi connectivity index (χ4n) is 10.4. The predicted molar refractivity (Wildman–Crippen MR) is 425 cm³/mol. The highest BCUT2D eigenvalue weighted by molar-refractivity contribution is 9.10. The minimum atomic E-state index is -0.318. The molecule has 0 radical (unpaired) electrons. The first-order valence-corrected chi connectivity index (χ1v) is 36.4. The van der Waals surface area contributed by atoms with E-state index >= 15 is 0 Å². The summed E-state index contributed by atoms with van der Waals surface area (Å²) in [7, 11) is 0.